The molecular formula is C13H18N2O2. The minimum absolute atomic E-state index is 0.0136. The second kappa shape index (κ2) is 4.85. The third kappa shape index (κ3) is 2.48. The molecule has 0 spiro atoms. The first-order valence-electron chi connectivity index (χ1n) is 5.90. The van der Waals surface area contributed by atoms with Crippen LogP contribution in [0.2, 0.25) is 0 Å². The van der Waals surface area contributed by atoms with Gasteiger partial charge in [0.25, 0.3) is 0 Å². The van der Waals surface area contributed by atoms with Gasteiger partial charge in [0.2, 0.25) is 5.91 Å². The molecule has 4 N–H and O–H groups in total. The van der Waals surface area contributed by atoms with Gasteiger partial charge in [-0.15, -0.1) is 0 Å². The van der Waals surface area contributed by atoms with Crippen LogP contribution in [0, 0.1) is 0 Å². The van der Waals surface area contributed by atoms with Crippen LogP contribution in [0.15, 0.2) is 30.3 Å². The van der Waals surface area contributed by atoms with Gasteiger partial charge in [0.05, 0.1) is 12.1 Å². The van der Waals surface area contributed by atoms with E-state index < -0.39 is 11.6 Å². The SMILES string of the molecule is N[C@H](C(=O)NC1(CO)CCC1)c1ccccc1. The molecule has 1 atom stereocenters. The molecule has 1 aliphatic carbocycles. The maximum atomic E-state index is 12.0. The standard InChI is InChI=1S/C13H18N2O2/c14-11(10-5-2-1-3-6-10)12(17)15-13(9-16)7-4-8-13/h1-3,5-6,11,16H,4,7-9,14H2,(H,15,17)/t11-/m0/s1. The van der Waals surface area contributed by atoms with Crippen LogP contribution in [0.5, 0.6) is 0 Å². The normalized spacial score (nSPS) is 19.2. The number of carbonyl (C=O) groups is 1. The summed E-state index contributed by atoms with van der Waals surface area (Å²) in [6.45, 7) is -0.0136. The molecule has 1 amide bonds. The fourth-order valence-corrected chi connectivity index (χ4v) is 2.08. The van der Waals surface area contributed by atoms with Gasteiger partial charge < -0.3 is 16.2 Å². The van der Waals surface area contributed by atoms with Crippen molar-refractivity contribution in [3.8, 4) is 0 Å². The van der Waals surface area contributed by atoms with Crippen LogP contribution >= 0.6 is 0 Å². The summed E-state index contributed by atoms with van der Waals surface area (Å²) in [7, 11) is 0. The molecule has 0 unspecified atom stereocenters. The highest BCUT2D eigenvalue weighted by atomic mass is 16.3. The molecule has 1 aromatic rings. The molecule has 0 radical (unpaired) electrons. The van der Waals surface area contributed by atoms with Crippen molar-refractivity contribution in [2.75, 3.05) is 6.61 Å². The third-order valence-electron chi connectivity index (χ3n) is 3.44. The summed E-state index contributed by atoms with van der Waals surface area (Å²) >= 11 is 0. The highest BCUT2D eigenvalue weighted by molar-refractivity contribution is 5.83. The Hall–Kier alpha value is -1.39. The molecule has 0 heterocycles. The van der Waals surface area contributed by atoms with Crippen molar-refractivity contribution in [1.29, 1.82) is 0 Å². The van der Waals surface area contributed by atoms with Crippen molar-refractivity contribution < 1.29 is 9.90 Å². The zero-order chi connectivity index (χ0) is 12.3. The number of carbonyl (C=O) groups excluding carboxylic acids is 1. The summed E-state index contributed by atoms with van der Waals surface area (Å²) in [6, 6.07) is 8.59. The predicted octanol–water partition coefficient (Wildman–Crippen LogP) is 0.718. The van der Waals surface area contributed by atoms with Crippen molar-refractivity contribution in [3.63, 3.8) is 0 Å². The van der Waals surface area contributed by atoms with E-state index in [1.807, 2.05) is 30.3 Å². The maximum Gasteiger partial charge on any atom is 0.242 e. The van der Waals surface area contributed by atoms with E-state index in [9.17, 15) is 9.90 Å². The van der Waals surface area contributed by atoms with Crippen molar-refractivity contribution in [2.45, 2.75) is 30.8 Å². The lowest BCUT2D eigenvalue weighted by Crippen LogP contribution is -2.57. The van der Waals surface area contributed by atoms with Crippen molar-refractivity contribution >= 4 is 5.91 Å². The minimum Gasteiger partial charge on any atom is -0.394 e. The average molecular weight is 234 g/mol. The van der Waals surface area contributed by atoms with E-state index in [2.05, 4.69) is 5.32 Å². The number of hydrogen-bond donors (Lipinski definition) is 3. The van der Waals surface area contributed by atoms with Gasteiger partial charge in [-0.1, -0.05) is 30.3 Å². The highest BCUT2D eigenvalue weighted by Crippen LogP contribution is 2.31. The second-order valence-electron chi connectivity index (χ2n) is 4.67. The van der Waals surface area contributed by atoms with Gasteiger partial charge in [0.15, 0.2) is 0 Å². The zero-order valence-corrected chi connectivity index (χ0v) is 9.73. The number of nitrogens with one attached hydrogen (secondary N) is 1. The number of hydrogen-bond acceptors (Lipinski definition) is 3. The van der Waals surface area contributed by atoms with E-state index >= 15 is 0 Å². The first-order chi connectivity index (χ1) is 8.17. The molecule has 1 aromatic carbocycles. The van der Waals surface area contributed by atoms with E-state index in [0.29, 0.717) is 0 Å². The molecule has 2 rings (SSSR count). The number of aliphatic hydroxyl groups excluding tert-OH is 1. The molecule has 1 saturated carbocycles. The molecule has 0 aromatic heterocycles. The molecule has 0 saturated heterocycles. The summed E-state index contributed by atoms with van der Waals surface area (Å²) in [5.74, 6) is -0.218. The fourth-order valence-electron chi connectivity index (χ4n) is 2.08. The van der Waals surface area contributed by atoms with Gasteiger partial charge in [-0.05, 0) is 24.8 Å². The number of benzene rings is 1. The van der Waals surface area contributed by atoms with Crippen LogP contribution in [0.25, 0.3) is 0 Å². The summed E-state index contributed by atoms with van der Waals surface area (Å²) in [6.07, 6.45) is 2.70. The summed E-state index contributed by atoms with van der Waals surface area (Å²) in [5, 5.41) is 12.1. The van der Waals surface area contributed by atoms with Crippen LogP contribution in [-0.4, -0.2) is 23.2 Å². The van der Waals surface area contributed by atoms with E-state index in [4.69, 9.17) is 5.73 Å². The Morgan fingerprint density at radius 1 is 1.41 bits per heavy atom. The van der Waals surface area contributed by atoms with Crippen LogP contribution in [0.3, 0.4) is 0 Å². The van der Waals surface area contributed by atoms with Crippen LogP contribution in [-0.2, 0) is 4.79 Å². The second-order valence-corrected chi connectivity index (χ2v) is 4.67. The molecule has 0 aliphatic heterocycles. The highest BCUT2D eigenvalue weighted by Gasteiger charge is 2.38. The number of nitrogens with two attached hydrogens (primary N) is 1. The first-order valence-corrected chi connectivity index (χ1v) is 5.90. The topological polar surface area (TPSA) is 75.4 Å². The van der Waals surface area contributed by atoms with Gasteiger partial charge in [-0.25, -0.2) is 0 Å². The van der Waals surface area contributed by atoms with E-state index in [1.54, 1.807) is 0 Å². The van der Waals surface area contributed by atoms with E-state index in [-0.39, 0.29) is 12.5 Å². The maximum absolute atomic E-state index is 12.0. The van der Waals surface area contributed by atoms with Gasteiger partial charge in [-0.2, -0.15) is 0 Å². The Balaban J connectivity index is 2.01. The van der Waals surface area contributed by atoms with Crippen molar-refractivity contribution in [1.82, 2.24) is 5.32 Å². The molecule has 1 aliphatic rings. The smallest absolute Gasteiger partial charge is 0.242 e. The molecule has 92 valence electrons. The number of rotatable bonds is 4. The number of amides is 1. The lowest BCUT2D eigenvalue weighted by atomic mass is 9.77. The van der Waals surface area contributed by atoms with Gasteiger partial charge in [-0.3, -0.25) is 4.79 Å². The monoisotopic (exact) mass is 234 g/mol. The van der Waals surface area contributed by atoms with Gasteiger partial charge in [0, 0.05) is 0 Å². The Morgan fingerprint density at radius 3 is 2.53 bits per heavy atom. The largest absolute Gasteiger partial charge is 0.394 e. The average Bonchev–Trinajstić information content (AvgIpc) is 2.33. The van der Waals surface area contributed by atoms with Crippen LogP contribution in [0.4, 0.5) is 0 Å². The molecule has 4 nitrogen and oxygen atoms in total. The molecule has 1 fully saturated rings. The van der Waals surface area contributed by atoms with Crippen LogP contribution < -0.4 is 11.1 Å². The molecule has 4 heteroatoms. The zero-order valence-electron chi connectivity index (χ0n) is 9.73. The van der Waals surface area contributed by atoms with Crippen molar-refractivity contribution in [3.05, 3.63) is 35.9 Å². The summed E-state index contributed by atoms with van der Waals surface area (Å²) < 4.78 is 0. The Labute approximate surface area is 101 Å². The van der Waals surface area contributed by atoms with Gasteiger partial charge >= 0.3 is 0 Å². The van der Waals surface area contributed by atoms with Crippen molar-refractivity contribution in [2.24, 2.45) is 5.73 Å². The lowest BCUT2D eigenvalue weighted by Gasteiger charge is -2.41. The Bertz CT molecular complexity index is 382. The lowest BCUT2D eigenvalue weighted by molar-refractivity contribution is -0.126. The Morgan fingerprint density at radius 2 is 2.06 bits per heavy atom. The predicted molar refractivity (Wildman–Crippen MR) is 65.2 cm³/mol. The molecule has 0 bridgehead atoms. The van der Waals surface area contributed by atoms with E-state index in [1.165, 1.54) is 0 Å². The summed E-state index contributed by atoms with van der Waals surface area (Å²) in [5.41, 5.74) is 6.25. The summed E-state index contributed by atoms with van der Waals surface area (Å²) in [4.78, 5) is 12.0. The third-order valence-corrected chi connectivity index (χ3v) is 3.44. The fraction of sp³-hybridized carbons (Fsp3) is 0.462. The van der Waals surface area contributed by atoms with Gasteiger partial charge in [0.1, 0.15) is 6.04 Å². The van der Waals surface area contributed by atoms with E-state index in [0.717, 1.165) is 24.8 Å². The quantitative estimate of drug-likeness (QED) is 0.718. The number of aliphatic hydroxyl groups is 1. The van der Waals surface area contributed by atoms with Crippen LogP contribution in [0.1, 0.15) is 30.9 Å². The Kier molecular flexibility index (Phi) is 3.45. The minimum atomic E-state index is -0.666. The molecule has 17 heavy (non-hydrogen) atoms. The molecular weight excluding hydrogens is 216 g/mol. The first kappa shape index (κ1) is 12.1.